The predicted octanol–water partition coefficient (Wildman–Crippen LogP) is 3.06. The summed E-state index contributed by atoms with van der Waals surface area (Å²) < 4.78 is 18.1. The monoisotopic (exact) mass is 499 g/mol. The lowest BCUT2D eigenvalue weighted by Crippen LogP contribution is -2.48. The number of aromatic nitrogens is 2. The van der Waals surface area contributed by atoms with Crippen LogP contribution in [0.25, 0.3) is 0 Å². The molecule has 1 aliphatic heterocycles. The van der Waals surface area contributed by atoms with Gasteiger partial charge in [0.15, 0.2) is 0 Å². The van der Waals surface area contributed by atoms with Crippen molar-refractivity contribution in [1.29, 1.82) is 0 Å². The van der Waals surface area contributed by atoms with Gasteiger partial charge in [0.2, 0.25) is 0 Å². The number of amides is 2. The molecule has 1 aliphatic rings. The summed E-state index contributed by atoms with van der Waals surface area (Å²) in [4.78, 5) is 28.1. The minimum atomic E-state index is -0.683. The Kier molecular flexibility index (Phi) is 9.49. The average Bonchev–Trinajstić information content (AvgIpc) is 3.22. The molecule has 0 spiro atoms. The fourth-order valence-corrected chi connectivity index (χ4v) is 4.31. The number of aryl methyl sites for hydroxylation is 2. The maximum Gasteiger partial charge on any atom is 0.338 e. The molecule has 3 rings (SSSR count). The second-order valence-electron chi connectivity index (χ2n) is 8.55. The first-order chi connectivity index (χ1) is 17.3. The van der Waals surface area contributed by atoms with E-state index >= 15 is 0 Å². The van der Waals surface area contributed by atoms with Gasteiger partial charge in [-0.05, 0) is 45.0 Å². The van der Waals surface area contributed by atoms with Crippen LogP contribution in [0.5, 0.6) is 5.75 Å². The van der Waals surface area contributed by atoms with E-state index in [0.717, 1.165) is 28.9 Å². The van der Waals surface area contributed by atoms with Crippen molar-refractivity contribution in [2.24, 2.45) is 0 Å². The summed E-state index contributed by atoms with van der Waals surface area (Å²) in [6, 6.07) is 4.48. The number of nitrogens with zero attached hydrogens (tertiary/aromatic N) is 3. The van der Waals surface area contributed by atoms with Crippen molar-refractivity contribution < 1.29 is 23.8 Å². The Balaban J connectivity index is 2.01. The van der Waals surface area contributed by atoms with Gasteiger partial charge in [0.25, 0.3) is 0 Å². The number of carbonyl (C=O) groups excluding carboxylic acids is 2. The van der Waals surface area contributed by atoms with Crippen molar-refractivity contribution in [2.45, 2.75) is 53.4 Å². The van der Waals surface area contributed by atoms with Crippen LogP contribution < -0.4 is 15.4 Å². The number of rotatable bonds is 12. The van der Waals surface area contributed by atoms with Crippen LogP contribution in [0.3, 0.4) is 0 Å². The molecule has 0 bridgehead atoms. The van der Waals surface area contributed by atoms with Crippen molar-refractivity contribution in [3.8, 4) is 5.75 Å². The zero-order valence-corrected chi connectivity index (χ0v) is 22.0. The summed E-state index contributed by atoms with van der Waals surface area (Å²) in [6.45, 7) is 10.9. The molecule has 36 heavy (non-hydrogen) atoms. The van der Waals surface area contributed by atoms with Gasteiger partial charge in [-0.15, -0.1) is 0 Å². The highest BCUT2D eigenvalue weighted by atomic mass is 16.5. The minimum Gasteiger partial charge on any atom is -0.496 e. The van der Waals surface area contributed by atoms with E-state index in [1.165, 1.54) is 0 Å². The van der Waals surface area contributed by atoms with E-state index in [1.807, 2.05) is 49.8 Å². The van der Waals surface area contributed by atoms with Gasteiger partial charge >= 0.3 is 12.0 Å². The summed E-state index contributed by atoms with van der Waals surface area (Å²) in [7, 11) is 3.19. The van der Waals surface area contributed by atoms with Crippen molar-refractivity contribution in [3.63, 3.8) is 0 Å². The van der Waals surface area contributed by atoms with Crippen molar-refractivity contribution in [1.82, 2.24) is 25.3 Å². The molecule has 10 heteroatoms. The summed E-state index contributed by atoms with van der Waals surface area (Å²) in [6.07, 6.45) is 2.04. The van der Waals surface area contributed by atoms with Crippen LogP contribution >= 0.6 is 0 Å². The number of hydrogen-bond acceptors (Lipinski definition) is 7. The van der Waals surface area contributed by atoms with Gasteiger partial charge in [0, 0.05) is 49.8 Å². The van der Waals surface area contributed by atoms with Crippen LogP contribution in [0.15, 0.2) is 35.7 Å². The summed E-state index contributed by atoms with van der Waals surface area (Å²) >= 11 is 0. The number of carbonyl (C=O) groups is 2. The first-order valence-electron chi connectivity index (χ1n) is 12.2. The lowest BCUT2D eigenvalue weighted by molar-refractivity contribution is -0.139. The third kappa shape index (κ3) is 6.24. The molecule has 1 unspecified atom stereocenters. The van der Waals surface area contributed by atoms with Crippen LogP contribution in [-0.4, -0.2) is 60.6 Å². The first kappa shape index (κ1) is 27.2. The standard InChI is InChI=1S/C26H37N5O5/c1-7-30(13-20-14-31(8-2)29-17(20)4)15-21-23(25(32)36-9-3)24(28-26(33)27-21)18-10-11-22(35-6)19(12-18)16-34-5/h10-12,14,24H,7-9,13,15-16H2,1-6H3,(H2,27,28,33). The molecule has 1 aromatic carbocycles. The van der Waals surface area contributed by atoms with Crippen LogP contribution in [0.2, 0.25) is 0 Å². The molecule has 0 saturated carbocycles. The maximum atomic E-state index is 13.2. The van der Waals surface area contributed by atoms with E-state index < -0.39 is 12.0 Å². The first-order valence-corrected chi connectivity index (χ1v) is 12.2. The molecule has 0 saturated heterocycles. The van der Waals surface area contributed by atoms with Crippen LogP contribution in [-0.2, 0) is 34.0 Å². The van der Waals surface area contributed by atoms with E-state index in [-0.39, 0.29) is 12.6 Å². The molecule has 10 nitrogen and oxygen atoms in total. The highest BCUT2D eigenvalue weighted by Gasteiger charge is 2.34. The Hall–Kier alpha value is -3.37. The smallest absolute Gasteiger partial charge is 0.338 e. The number of likely N-dealkylation sites (N-methyl/N-ethyl adjacent to an activating group) is 1. The molecule has 2 amide bonds. The van der Waals surface area contributed by atoms with Crippen molar-refractivity contribution in [2.75, 3.05) is 33.9 Å². The normalized spacial score (nSPS) is 15.6. The average molecular weight is 500 g/mol. The summed E-state index contributed by atoms with van der Waals surface area (Å²) in [5.74, 6) is 0.197. The van der Waals surface area contributed by atoms with E-state index in [4.69, 9.17) is 14.2 Å². The summed E-state index contributed by atoms with van der Waals surface area (Å²) in [5, 5.41) is 10.3. The Bertz CT molecular complexity index is 1110. The number of methoxy groups -OCH3 is 2. The predicted molar refractivity (Wildman–Crippen MR) is 135 cm³/mol. The highest BCUT2D eigenvalue weighted by molar-refractivity contribution is 5.95. The summed E-state index contributed by atoms with van der Waals surface area (Å²) in [5.41, 5.74) is 4.52. The second kappa shape index (κ2) is 12.5. The lowest BCUT2D eigenvalue weighted by Gasteiger charge is -2.32. The SMILES string of the molecule is CCOC(=O)C1=C(CN(CC)Cc2cn(CC)nc2C)NC(=O)NC1c1ccc(OC)c(COC)c1. The highest BCUT2D eigenvalue weighted by Crippen LogP contribution is 2.32. The number of nitrogens with one attached hydrogen (secondary N) is 2. The zero-order valence-electron chi connectivity index (χ0n) is 22.0. The van der Waals surface area contributed by atoms with Crippen molar-refractivity contribution in [3.05, 3.63) is 58.1 Å². The molecule has 2 N–H and O–H groups in total. The Labute approximate surface area is 212 Å². The molecule has 2 aromatic rings. The third-order valence-electron chi connectivity index (χ3n) is 6.18. The molecule has 0 aliphatic carbocycles. The quantitative estimate of drug-likeness (QED) is 0.432. The second-order valence-corrected chi connectivity index (χ2v) is 8.55. The molecular formula is C26H37N5O5. The molecule has 0 fully saturated rings. The van der Waals surface area contributed by atoms with Gasteiger partial charge in [-0.1, -0.05) is 13.0 Å². The van der Waals surface area contributed by atoms with E-state index in [2.05, 4.69) is 20.6 Å². The third-order valence-corrected chi connectivity index (χ3v) is 6.18. The molecular weight excluding hydrogens is 462 g/mol. The van der Waals surface area contributed by atoms with Gasteiger partial charge in [-0.2, -0.15) is 5.10 Å². The van der Waals surface area contributed by atoms with E-state index in [1.54, 1.807) is 21.1 Å². The molecule has 1 atom stereocenters. The number of ether oxygens (including phenoxy) is 3. The number of benzene rings is 1. The van der Waals surface area contributed by atoms with Gasteiger partial charge in [0.05, 0.1) is 37.6 Å². The molecule has 196 valence electrons. The number of hydrogen-bond donors (Lipinski definition) is 2. The fourth-order valence-electron chi connectivity index (χ4n) is 4.31. The maximum absolute atomic E-state index is 13.2. The number of urea groups is 1. The van der Waals surface area contributed by atoms with Gasteiger partial charge in [-0.3, -0.25) is 9.58 Å². The molecule has 1 aromatic heterocycles. The van der Waals surface area contributed by atoms with Crippen LogP contribution in [0, 0.1) is 6.92 Å². The van der Waals surface area contributed by atoms with Crippen molar-refractivity contribution >= 4 is 12.0 Å². The fraction of sp³-hybridized carbons (Fsp3) is 0.500. The Morgan fingerprint density at radius 1 is 1.17 bits per heavy atom. The van der Waals surface area contributed by atoms with E-state index in [0.29, 0.717) is 43.3 Å². The van der Waals surface area contributed by atoms with Gasteiger partial charge < -0.3 is 24.8 Å². The molecule has 0 radical (unpaired) electrons. The zero-order chi connectivity index (χ0) is 26.2. The minimum absolute atomic E-state index is 0.223. The van der Waals surface area contributed by atoms with Gasteiger partial charge in [0.1, 0.15) is 5.75 Å². The topological polar surface area (TPSA) is 107 Å². The largest absolute Gasteiger partial charge is 0.496 e. The molecule has 2 heterocycles. The van der Waals surface area contributed by atoms with E-state index in [9.17, 15) is 9.59 Å². The van der Waals surface area contributed by atoms with Crippen LogP contribution in [0.4, 0.5) is 4.79 Å². The van der Waals surface area contributed by atoms with Crippen LogP contribution in [0.1, 0.15) is 49.2 Å². The van der Waals surface area contributed by atoms with Gasteiger partial charge in [-0.25, -0.2) is 9.59 Å². The Morgan fingerprint density at radius 3 is 2.56 bits per heavy atom. The Morgan fingerprint density at radius 2 is 1.94 bits per heavy atom. The number of esters is 1. The lowest BCUT2D eigenvalue weighted by atomic mass is 9.93.